The molecule has 1 aromatic carbocycles. The average molecular weight is 265 g/mol. The molecule has 2 rings (SSSR count). The molecule has 2 atom stereocenters. The van der Waals surface area contributed by atoms with Crippen LogP contribution >= 0.6 is 0 Å². The van der Waals surface area contributed by atoms with E-state index in [1.165, 1.54) is 0 Å². The number of rotatable bonds is 1. The van der Waals surface area contributed by atoms with Crippen molar-refractivity contribution in [3.05, 3.63) is 29.8 Å². The highest BCUT2D eigenvalue weighted by atomic mass is 32.2. The normalized spacial score (nSPS) is 23.4. The Bertz CT molecular complexity index is 465. The van der Waals surface area contributed by atoms with E-state index >= 15 is 0 Å². The van der Waals surface area contributed by atoms with Gasteiger partial charge in [0.2, 0.25) is 0 Å². The Balaban J connectivity index is 2.37. The Morgan fingerprint density at radius 2 is 2.00 bits per heavy atom. The van der Waals surface area contributed by atoms with E-state index < -0.39 is 11.4 Å². The first kappa shape index (κ1) is 13.4. The Labute approximate surface area is 112 Å². The second-order valence-electron chi connectivity index (χ2n) is 5.53. The first-order valence-corrected chi connectivity index (χ1v) is 7.24. The maximum Gasteiger partial charge on any atom is 0.144 e. The molecule has 1 aliphatic rings. The molecule has 0 spiro atoms. The number of fused-ring (bicyclic) bond motifs is 1. The molecule has 1 heterocycles. The number of para-hydroxylation sites is 1. The van der Waals surface area contributed by atoms with Gasteiger partial charge in [0.05, 0.1) is 0 Å². The molecule has 0 fully saturated rings. The van der Waals surface area contributed by atoms with Crippen LogP contribution in [0.3, 0.4) is 0 Å². The topological polar surface area (TPSA) is 44.7 Å². The van der Waals surface area contributed by atoms with E-state index in [-0.39, 0.29) is 10.9 Å². The molecule has 0 bridgehead atoms. The van der Waals surface area contributed by atoms with Crippen molar-refractivity contribution in [3.8, 4) is 5.75 Å². The molecular weight excluding hydrogens is 246 g/mol. The third-order valence-electron chi connectivity index (χ3n) is 2.72. The molecule has 3 nitrogen and oxygen atoms in total. The molecular formula is C14H19NO2S. The van der Waals surface area contributed by atoms with E-state index in [1.54, 1.807) is 0 Å². The highest BCUT2D eigenvalue weighted by Gasteiger charge is 2.30. The quantitative estimate of drug-likeness (QED) is 0.732. The standard InChI is InChI=1S/C14H19NO2S/c1-10-9-12(15-18(16)14(2,3)4)11-7-5-6-8-13(11)17-10/h5-8,10H,9H2,1-4H3/t10-,18?/m0/s1. The van der Waals surface area contributed by atoms with E-state index in [0.29, 0.717) is 6.42 Å². The van der Waals surface area contributed by atoms with Crippen LogP contribution in [-0.4, -0.2) is 21.1 Å². The zero-order valence-electron chi connectivity index (χ0n) is 11.3. The number of hydrogen-bond acceptors (Lipinski definition) is 3. The first-order valence-electron chi connectivity index (χ1n) is 6.13. The van der Waals surface area contributed by atoms with Crippen LogP contribution in [0.15, 0.2) is 28.7 Å². The van der Waals surface area contributed by atoms with Gasteiger partial charge in [0.1, 0.15) is 33.7 Å². The van der Waals surface area contributed by atoms with Crippen molar-refractivity contribution in [2.24, 2.45) is 4.40 Å². The van der Waals surface area contributed by atoms with Gasteiger partial charge in [0, 0.05) is 12.0 Å². The lowest BCUT2D eigenvalue weighted by Gasteiger charge is -2.25. The summed E-state index contributed by atoms with van der Waals surface area (Å²) in [6, 6.07) is 7.79. The molecule has 0 saturated carbocycles. The summed E-state index contributed by atoms with van der Waals surface area (Å²) in [7, 11) is 0. The van der Waals surface area contributed by atoms with Gasteiger partial charge < -0.3 is 9.29 Å². The van der Waals surface area contributed by atoms with Gasteiger partial charge >= 0.3 is 0 Å². The summed E-state index contributed by atoms with van der Waals surface area (Å²) >= 11 is -1.22. The molecule has 1 aliphatic heterocycles. The van der Waals surface area contributed by atoms with E-state index in [9.17, 15) is 4.55 Å². The van der Waals surface area contributed by atoms with Gasteiger partial charge in [-0.1, -0.05) is 16.5 Å². The summed E-state index contributed by atoms with van der Waals surface area (Å²) in [6.45, 7) is 7.80. The summed E-state index contributed by atoms with van der Waals surface area (Å²) in [5, 5.41) is 0. The number of nitrogens with zero attached hydrogens (tertiary/aromatic N) is 1. The van der Waals surface area contributed by atoms with E-state index in [4.69, 9.17) is 4.74 Å². The smallest absolute Gasteiger partial charge is 0.144 e. The van der Waals surface area contributed by atoms with Gasteiger partial charge in [0.25, 0.3) is 0 Å². The Hall–Kier alpha value is -1.00. The van der Waals surface area contributed by atoms with Crippen molar-refractivity contribution in [3.63, 3.8) is 0 Å². The van der Waals surface area contributed by atoms with Gasteiger partial charge in [0.15, 0.2) is 0 Å². The number of ether oxygens (including phenoxy) is 1. The van der Waals surface area contributed by atoms with Gasteiger partial charge in [-0.15, -0.1) is 0 Å². The molecule has 0 N–H and O–H groups in total. The maximum absolute atomic E-state index is 12.1. The summed E-state index contributed by atoms with van der Waals surface area (Å²) in [4.78, 5) is 0. The zero-order valence-corrected chi connectivity index (χ0v) is 12.1. The first-order chi connectivity index (χ1) is 8.38. The fourth-order valence-corrected chi connectivity index (χ4v) is 2.42. The lowest BCUT2D eigenvalue weighted by atomic mass is 10.0. The third-order valence-corrected chi connectivity index (χ3v) is 4.16. The van der Waals surface area contributed by atoms with Crippen molar-refractivity contribution in [1.82, 2.24) is 0 Å². The van der Waals surface area contributed by atoms with Crippen LogP contribution in [-0.2, 0) is 11.4 Å². The minimum atomic E-state index is -1.22. The molecule has 0 aliphatic carbocycles. The molecule has 4 heteroatoms. The molecule has 0 amide bonds. The van der Waals surface area contributed by atoms with Crippen LogP contribution < -0.4 is 4.74 Å². The highest BCUT2D eigenvalue weighted by Crippen LogP contribution is 2.29. The minimum Gasteiger partial charge on any atom is -0.591 e. The summed E-state index contributed by atoms with van der Waals surface area (Å²) in [5.41, 5.74) is 1.85. The van der Waals surface area contributed by atoms with Crippen LogP contribution in [0.4, 0.5) is 0 Å². The fourth-order valence-electron chi connectivity index (χ4n) is 1.77. The van der Waals surface area contributed by atoms with Crippen LogP contribution in [0, 0.1) is 0 Å². The van der Waals surface area contributed by atoms with Crippen LogP contribution in [0.25, 0.3) is 0 Å². The lowest BCUT2D eigenvalue weighted by molar-refractivity contribution is 0.222. The molecule has 1 unspecified atom stereocenters. The van der Waals surface area contributed by atoms with E-state index in [0.717, 1.165) is 17.0 Å². The van der Waals surface area contributed by atoms with Crippen molar-refractivity contribution in [1.29, 1.82) is 0 Å². The summed E-state index contributed by atoms with van der Waals surface area (Å²) in [6.07, 6.45) is 0.786. The lowest BCUT2D eigenvalue weighted by Crippen LogP contribution is -2.30. The number of hydrogen-bond donors (Lipinski definition) is 0. The summed E-state index contributed by atoms with van der Waals surface area (Å²) in [5.74, 6) is 0.834. The monoisotopic (exact) mass is 265 g/mol. The summed E-state index contributed by atoms with van der Waals surface area (Å²) < 4.78 is 22.0. The SMILES string of the molecule is C[C@H]1CC(=N[S+]([O-])C(C)(C)C)c2ccccc2O1. The van der Waals surface area contributed by atoms with Crippen molar-refractivity contribution in [2.75, 3.05) is 0 Å². The second-order valence-corrected chi connectivity index (χ2v) is 7.43. The number of benzene rings is 1. The predicted octanol–water partition coefficient (Wildman–Crippen LogP) is 3.11. The molecule has 1 aromatic rings. The van der Waals surface area contributed by atoms with Crippen molar-refractivity contribution < 1.29 is 9.29 Å². The zero-order chi connectivity index (χ0) is 13.3. The largest absolute Gasteiger partial charge is 0.591 e. The van der Waals surface area contributed by atoms with Crippen molar-refractivity contribution in [2.45, 2.75) is 45.0 Å². The maximum atomic E-state index is 12.1. The van der Waals surface area contributed by atoms with E-state index in [1.807, 2.05) is 52.0 Å². The Morgan fingerprint density at radius 1 is 1.33 bits per heavy atom. The fraction of sp³-hybridized carbons (Fsp3) is 0.500. The molecule has 0 radical (unpaired) electrons. The molecule has 18 heavy (non-hydrogen) atoms. The molecule has 98 valence electrons. The Kier molecular flexibility index (Phi) is 3.69. The van der Waals surface area contributed by atoms with Gasteiger partial charge in [-0.2, -0.15) is 0 Å². The molecule has 0 saturated heterocycles. The minimum absolute atomic E-state index is 0.0793. The van der Waals surface area contributed by atoms with Gasteiger partial charge in [-0.3, -0.25) is 0 Å². The van der Waals surface area contributed by atoms with Gasteiger partial charge in [-0.25, -0.2) is 0 Å². The van der Waals surface area contributed by atoms with Crippen LogP contribution in [0.5, 0.6) is 5.75 Å². The Morgan fingerprint density at radius 3 is 2.67 bits per heavy atom. The van der Waals surface area contributed by atoms with E-state index in [2.05, 4.69) is 4.40 Å². The van der Waals surface area contributed by atoms with Crippen molar-refractivity contribution >= 4 is 17.1 Å². The van der Waals surface area contributed by atoms with Gasteiger partial charge in [-0.05, 0) is 39.8 Å². The third kappa shape index (κ3) is 2.87. The highest BCUT2D eigenvalue weighted by molar-refractivity contribution is 7.91. The van der Waals surface area contributed by atoms with Crippen LogP contribution in [0.1, 0.15) is 39.7 Å². The molecule has 0 aromatic heterocycles. The van der Waals surface area contributed by atoms with Crippen LogP contribution in [0.2, 0.25) is 0 Å². The second kappa shape index (κ2) is 4.94. The average Bonchev–Trinajstić information content (AvgIpc) is 2.27. The predicted molar refractivity (Wildman–Crippen MR) is 75.6 cm³/mol.